The van der Waals surface area contributed by atoms with Crippen molar-refractivity contribution in [2.75, 3.05) is 0 Å². The number of Topliss-reactive ketones (excluding diaryl/α,β-unsaturated/α-hetero) is 1. The van der Waals surface area contributed by atoms with Crippen LogP contribution in [0.3, 0.4) is 0 Å². The highest BCUT2D eigenvalue weighted by Gasteiger charge is 2.16. The number of fused-ring (bicyclic) bond motifs is 1. The van der Waals surface area contributed by atoms with Gasteiger partial charge in [-0.15, -0.1) is 0 Å². The van der Waals surface area contributed by atoms with Crippen molar-refractivity contribution in [2.45, 2.75) is 6.54 Å². The van der Waals surface area contributed by atoms with Gasteiger partial charge in [0.2, 0.25) is 12.1 Å². The van der Waals surface area contributed by atoms with E-state index in [-0.39, 0.29) is 5.78 Å². The molecule has 0 fully saturated rings. The van der Waals surface area contributed by atoms with Gasteiger partial charge in [0, 0.05) is 10.6 Å². The van der Waals surface area contributed by atoms with Gasteiger partial charge in [-0.1, -0.05) is 23.7 Å². The summed E-state index contributed by atoms with van der Waals surface area (Å²) in [4.78, 5) is 12.3. The maximum atomic E-state index is 12.3. The highest BCUT2D eigenvalue weighted by Crippen LogP contribution is 2.13. The molecule has 0 aliphatic rings. The Balaban J connectivity index is 1.93. The summed E-state index contributed by atoms with van der Waals surface area (Å²) in [5.74, 6) is 0.0722. The Morgan fingerprint density at radius 2 is 1.85 bits per heavy atom. The van der Waals surface area contributed by atoms with Gasteiger partial charge in [-0.2, -0.15) is 0 Å². The third-order valence-corrected chi connectivity index (χ3v) is 3.62. The van der Waals surface area contributed by atoms with Gasteiger partial charge in [0.25, 0.3) is 0 Å². The topological polar surface area (TPSA) is 25.9 Å². The first-order valence-corrected chi connectivity index (χ1v) is 6.75. The molecule has 0 bridgehead atoms. The van der Waals surface area contributed by atoms with Gasteiger partial charge in [-0.05, 0) is 36.4 Å². The van der Waals surface area contributed by atoms with Crippen LogP contribution in [0, 0.1) is 0 Å². The number of aromatic nitrogens is 2. The Morgan fingerprint density at radius 3 is 2.60 bits per heavy atom. The Hall–Kier alpha value is -2.13. The summed E-state index contributed by atoms with van der Waals surface area (Å²) in [5.41, 5.74) is 2.84. The monoisotopic (exact) mass is 285 g/mol. The third-order valence-electron chi connectivity index (χ3n) is 3.36. The van der Waals surface area contributed by atoms with Crippen molar-refractivity contribution in [3.63, 3.8) is 0 Å². The highest BCUT2D eigenvalue weighted by atomic mass is 35.5. The number of hydrogen-bond donors (Lipinski definition) is 0. The molecular formula is C16H14ClN2O+. The zero-order valence-electron chi connectivity index (χ0n) is 11.1. The number of carbonyl (C=O) groups excluding carboxylic acids is 1. The Labute approximate surface area is 122 Å². The summed E-state index contributed by atoms with van der Waals surface area (Å²) < 4.78 is 3.98. The molecule has 100 valence electrons. The maximum Gasteiger partial charge on any atom is 0.244 e. The molecule has 0 aliphatic heterocycles. The van der Waals surface area contributed by atoms with Gasteiger partial charge in [-0.25, -0.2) is 9.13 Å². The van der Waals surface area contributed by atoms with Gasteiger partial charge in [0.15, 0.2) is 17.6 Å². The van der Waals surface area contributed by atoms with Gasteiger partial charge in [0.1, 0.15) is 0 Å². The Bertz CT molecular complexity index is 775. The molecule has 4 heteroatoms. The average molecular weight is 286 g/mol. The summed E-state index contributed by atoms with van der Waals surface area (Å²) in [6, 6.07) is 15.0. The van der Waals surface area contributed by atoms with Crippen LogP contribution < -0.4 is 4.57 Å². The van der Waals surface area contributed by atoms with E-state index in [0.717, 1.165) is 11.0 Å². The van der Waals surface area contributed by atoms with Gasteiger partial charge in [0.05, 0.1) is 7.05 Å². The predicted molar refractivity (Wildman–Crippen MR) is 78.9 cm³/mol. The van der Waals surface area contributed by atoms with Crippen molar-refractivity contribution in [3.8, 4) is 0 Å². The first kappa shape index (κ1) is 12.9. The summed E-state index contributed by atoms with van der Waals surface area (Å²) in [6.45, 7) is 0.322. The number of benzene rings is 2. The fourth-order valence-electron chi connectivity index (χ4n) is 2.35. The molecule has 0 atom stereocenters. The molecule has 1 heterocycles. The van der Waals surface area contributed by atoms with Crippen molar-refractivity contribution >= 4 is 28.4 Å². The van der Waals surface area contributed by atoms with Gasteiger partial charge in [-0.3, -0.25) is 4.79 Å². The van der Waals surface area contributed by atoms with Gasteiger partial charge < -0.3 is 0 Å². The van der Waals surface area contributed by atoms with Crippen LogP contribution in [0.1, 0.15) is 10.4 Å². The van der Waals surface area contributed by atoms with Crippen LogP contribution in [-0.4, -0.2) is 10.4 Å². The van der Waals surface area contributed by atoms with E-state index < -0.39 is 0 Å². The molecule has 1 aromatic heterocycles. The predicted octanol–water partition coefficient (Wildman–Crippen LogP) is 3.00. The minimum absolute atomic E-state index is 0.0722. The summed E-state index contributed by atoms with van der Waals surface area (Å²) in [5, 5.41) is 0.638. The van der Waals surface area contributed by atoms with E-state index >= 15 is 0 Å². The number of imidazole rings is 1. The second-order valence-electron chi connectivity index (χ2n) is 4.77. The minimum atomic E-state index is 0.0722. The zero-order valence-corrected chi connectivity index (χ0v) is 11.8. The van der Waals surface area contributed by atoms with Crippen LogP contribution in [0.15, 0.2) is 54.9 Å². The first-order valence-electron chi connectivity index (χ1n) is 6.37. The molecule has 3 rings (SSSR count). The fraction of sp³-hybridized carbons (Fsp3) is 0.125. The van der Waals surface area contributed by atoms with E-state index in [0.29, 0.717) is 17.1 Å². The first-order chi connectivity index (χ1) is 9.65. The molecule has 0 saturated heterocycles. The molecule has 3 nitrogen and oxygen atoms in total. The van der Waals surface area contributed by atoms with Crippen LogP contribution in [0.5, 0.6) is 0 Å². The number of aryl methyl sites for hydroxylation is 1. The van der Waals surface area contributed by atoms with E-state index in [2.05, 4.69) is 0 Å². The average Bonchev–Trinajstić information content (AvgIpc) is 2.77. The fourth-order valence-corrected chi connectivity index (χ4v) is 2.47. The maximum absolute atomic E-state index is 12.3. The zero-order chi connectivity index (χ0) is 14.1. The summed E-state index contributed by atoms with van der Waals surface area (Å²) in [7, 11) is 1.98. The highest BCUT2D eigenvalue weighted by molar-refractivity contribution is 6.30. The Morgan fingerprint density at radius 1 is 1.15 bits per heavy atom. The lowest BCUT2D eigenvalue weighted by molar-refractivity contribution is -0.645. The normalized spacial score (nSPS) is 10.9. The molecule has 0 saturated carbocycles. The molecule has 0 aliphatic carbocycles. The summed E-state index contributed by atoms with van der Waals surface area (Å²) in [6.07, 6.45) is 1.94. The molecule has 0 radical (unpaired) electrons. The second-order valence-corrected chi connectivity index (χ2v) is 5.21. The van der Waals surface area contributed by atoms with E-state index in [1.165, 1.54) is 0 Å². The van der Waals surface area contributed by atoms with Crippen molar-refractivity contribution in [1.29, 1.82) is 0 Å². The van der Waals surface area contributed by atoms with Crippen LogP contribution in [0.2, 0.25) is 5.02 Å². The number of carbonyl (C=O) groups is 1. The second kappa shape index (κ2) is 5.10. The summed E-state index contributed by atoms with van der Waals surface area (Å²) >= 11 is 5.84. The molecule has 3 aromatic rings. The standard InChI is InChI=1S/C16H14ClN2O/c1-18-11-19(15-5-3-2-4-14(15)18)10-16(20)12-6-8-13(17)9-7-12/h2-9,11H,10H2,1H3/q+1. The van der Waals surface area contributed by atoms with Crippen LogP contribution in [0.4, 0.5) is 0 Å². The molecule has 0 amide bonds. The number of nitrogens with zero attached hydrogens (tertiary/aromatic N) is 2. The number of halogens is 1. The SMILES string of the molecule is C[n+]1cn(CC(=O)c2ccc(Cl)cc2)c2ccccc21. The number of hydrogen-bond acceptors (Lipinski definition) is 1. The van der Waals surface area contributed by atoms with Crippen molar-refractivity contribution in [3.05, 3.63) is 65.4 Å². The van der Waals surface area contributed by atoms with Gasteiger partial charge >= 0.3 is 0 Å². The molecule has 20 heavy (non-hydrogen) atoms. The van der Waals surface area contributed by atoms with E-state index in [1.54, 1.807) is 24.3 Å². The number of ketones is 1. The molecule has 2 aromatic carbocycles. The van der Waals surface area contributed by atoms with Crippen molar-refractivity contribution in [2.24, 2.45) is 7.05 Å². The smallest absolute Gasteiger partial charge is 0.244 e. The molecule has 0 spiro atoms. The molecule has 0 N–H and O–H groups in total. The van der Waals surface area contributed by atoms with E-state index in [9.17, 15) is 4.79 Å². The lowest BCUT2D eigenvalue weighted by Crippen LogP contribution is -2.25. The van der Waals surface area contributed by atoms with E-state index in [4.69, 9.17) is 11.6 Å². The largest absolute Gasteiger partial charge is 0.290 e. The van der Waals surface area contributed by atoms with Crippen molar-refractivity contribution in [1.82, 2.24) is 4.57 Å². The van der Waals surface area contributed by atoms with Crippen LogP contribution in [-0.2, 0) is 13.6 Å². The number of para-hydroxylation sites is 2. The lowest BCUT2D eigenvalue weighted by atomic mass is 10.1. The third kappa shape index (κ3) is 2.32. The minimum Gasteiger partial charge on any atom is -0.290 e. The Kier molecular flexibility index (Phi) is 3.28. The van der Waals surface area contributed by atoms with Crippen LogP contribution >= 0.6 is 11.6 Å². The molecular weight excluding hydrogens is 272 g/mol. The van der Waals surface area contributed by atoms with Crippen molar-refractivity contribution < 1.29 is 9.36 Å². The van der Waals surface area contributed by atoms with E-state index in [1.807, 2.05) is 46.8 Å². The number of rotatable bonds is 3. The van der Waals surface area contributed by atoms with Crippen LogP contribution in [0.25, 0.3) is 11.0 Å². The lowest BCUT2D eigenvalue weighted by Gasteiger charge is -1.99. The quantitative estimate of drug-likeness (QED) is 0.537. The molecule has 0 unspecified atom stereocenters.